The second kappa shape index (κ2) is 9.88. The molecule has 1 aliphatic heterocycles. The number of thioether (sulfide) groups is 1. The van der Waals surface area contributed by atoms with Crippen LogP contribution in [0.5, 0.6) is 11.5 Å². The number of ether oxygens (including phenoxy) is 2. The van der Waals surface area contributed by atoms with Crippen LogP contribution in [0.1, 0.15) is 24.5 Å². The molecule has 7 heteroatoms. The first-order chi connectivity index (χ1) is 17.0. The largest absolute Gasteiger partial charge is 0.454 e. The van der Waals surface area contributed by atoms with Crippen molar-refractivity contribution >= 4 is 23.4 Å². The first-order valence-electron chi connectivity index (χ1n) is 11.6. The van der Waals surface area contributed by atoms with Gasteiger partial charge in [0.25, 0.3) is 0 Å². The number of nitrogens with zero attached hydrogens (tertiary/aromatic N) is 1. The van der Waals surface area contributed by atoms with Crippen LogP contribution in [0, 0.1) is 13.8 Å². The summed E-state index contributed by atoms with van der Waals surface area (Å²) in [6.45, 7) is 6.34. The maximum Gasteiger partial charge on any atom is 0.237 e. The van der Waals surface area contributed by atoms with E-state index in [1.54, 1.807) is 12.1 Å². The number of carbonyl (C=O) groups is 1. The Kier molecular flexibility index (Phi) is 6.51. The molecule has 1 aliphatic rings. The highest BCUT2D eigenvalue weighted by Gasteiger charge is 2.23. The average Bonchev–Trinajstić information content (AvgIpc) is 3.50. The Morgan fingerprint density at radius 2 is 1.63 bits per heavy atom. The number of hydrogen-bond acceptors (Lipinski definition) is 5. The minimum Gasteiger partial charge on any atom is -0.454 e. The van der Waals surface area contributed by atoms with E-state index in [9.17, 15) is 4.79 Å². The van der Waals surface area contributed by atoms with Crippen LogP contribution >= 0.6 is 11.8 Å². The number of nitrogens with one attached hydrogen (secondary N) is 2. The molecule has 1 atom stereocenters. The van der Waals surface area contributed by atoms with Crippen molar-refractivity contribution in [3.63, 3.8) is 0 Å². The van der Waals surface area contributed by atoms with Gasteiger partial charge in [-0.15, -0.1) is 0 Å². The van der Waals surface area contributed by atoms with E-state index in [0.717, 1.165) is 22.5 Å². The number of imidazole rings is 1. The van der Waals surface area contributed by atoms with Crippen molar-refractivity contribution in [1.29, 1.82) is 0 Å². The van der Waals surface area contributed by atoms with Gasteiger partial charge in [0.15, 0.2) is 16.7 Å². The van der Waals surface area contributed by atoms with E-state index in [4.69, 9.17) is 14.5 Å². The summed E-state index contributed by atoms with van der Waals surface area (Å²) < 4.78 is 10.8. The van der Waals surface area contributed by atoms with Crippen LogP contribution < -0.4 is 14.8 Å². The van der Waals surface area contributed by atoms with Gasteiger partial charge in [-0.3, -0.25) is 4.79 Å². The third-order valence-corrected chi connectivity index (χ3v) is 7.15. The molecule has 1 aromatic heterocycles. The van der Waals surface area contributed by atoms with Gasteiger partial charge in [0.05, 0.1) is 16.6 Å². The number of carbonyl (C=O) groups excluding carboxylic acids is 1. The second-order valence-corrected chi connectivity index (χ2v) is 9.76. The number of fused-ring (bicyclic) bond motifs is 1. The summed E-state index contributed by atoms with van der Waals surface area (Å²) in [5, 5.41) is 3.40. The summed E-state index contributed by atoms with van der Waals surface area (Å²) in [6.07, 6.45) is 0.654. The zero-order valence-corrected chi connectivity index (χ0v) is 20.7. The molecule has 0 fully saturated rings. The normalized spacial score (nSPS) is 13.0. The number of rotatable bonds is 7. The predicted molar refractivity (Wildman–Crippen MR) is 140 cm³/mol. The van der Waals surface area contributed by atoms with Crippen molar-refractivity contribution in [3.05, 3.63) is 77.9 Å². The summed E-state index contributed by atoms with van der Waals surface area (Å²) >= 11 is 1.44. The molecular weight excluding hydrogens is 458 g/mol. The van der Waals surface area contributed by atoms with Crippen LogP contribution in [-0.2, 0) is 4.79 Å². The molecule has 5 rings (SSSR count). The lowest BCUT2D eigenvalue weighted by Crippen LogP contribution is -2.24. The number of benzene rings is 3. The fourth-order valence-corrected chi connectivity index (χ4v) is 4.82. The fourth-order valence-electron chi connectivity index (χ4n) is 3.91. The van der Waals surface area contributed by atoms with E-state index < -0.39 is 0 Å². The van der Waals surface area contributed by atoms with Crippen LogP contribution in [0.15, 0.2) is 71.9 Å². The summed E-state index contributed by atoms with van der Waals surface area (Å²) in [4.78, 5) is 21.5. The van der Waals surface area contributed by atoms with Crippen LogP contribution in [-0.4, -0.2) is 27.9 Å². The van der Waals surface area contributed by atoms with Crippen molar-refractivity contribution < 1.29 is 14.3 Å². The number of aromatic amines is 1. The quantitative estimate of drug-likeness (QED) is 0.289. The van der Waals surface area contributed by atoms with Crippen LogP contribution in [0.4, 0.5) is 5.69 Å². The van der Waals surface area contributed by atoms with Crippen molar-refractivity contribution in [2.45, 2.75) is 37.6 Å². The van der Waals surface area contributed by atoms with Gasteiger partial charge in [-0.2, -0.15) is 0 Å². The number of amides is 1. The topological polar surface area (TPSA) is 76.2 Å². The van der Waals surface area contributed by atoms with Gasteiger partial charge in [0.1, 0.15) is 0 Å². The summed E-state index contributed by atoms with van der Waals surface area (Å²) in [6, 6.07) is 22.1. The molecule has 0 saturated heterocycles. The van der Waals surface area contributed by atoms with Gasteiger partial charge in [-0.05, 0) is 32.4 Å². The van der Waals surface area contributed by atoms with E-state index in [-0.39, 0.29) is 18.0 Å². The Labute approximate surface area is 209 Å². The molecule has 0 saturated carbocycles. The molecule has 1 amide bonds. The second-order valence-electron chi connectivity index (χ2n) is 8.57. The fraction of sp³-hybridized carbons (Fsp3) is 0.214. The summed E-state index contributed by atoms with van der Waals surface area (Å²) in [7, 11) is 0. The first-order valence-corrected chi connectivity index (χ1v) is 12.5. The number of aromatic nitrogens is 2. The van der Waals surface area contributed by atoms with E-state index >= 15 is 0 Å². The average molecular weight is 486 g/mol. The molecule has 2 heterocycles. The molecule has 1 unspecified atom stereocenters. The molecule has 3 aromatic carbocycles. The Bertz CT molecular complexity index is 1280. The van der Waals surface area contributed by atoms with Gasteiger partial charge in [0, 0.05) is 22.9 Å². The standard InChI is InChI=1S/C28H27N3O3S/c1-4-24(27(32)29-21-13-14-22-23(15-21)34-16-33-22)35-28-30-25(19-9-5-17(2)6-10-19)26(31-28)20-11-7-18(3)8-12-20/h5-15,24H,4,16H2,1-3H3,(H,29,32)(H,30,31). The van der Waals surface area contributed by atoms with Crippen molar-refractivity contribution in [2.75, 3.05) is 12.1 Å². The summed E-state index contributed by atoms with van der Waals surface area (Å²) in [5.74, 6) is 1.24. The van der Waals surface area contributed by atoms with E-state index in [0.29, 0.717) is 28.8 Å². The van der Waals surface area contributed by atoms with E-state index in [1.165, 1.54) is 22.9 Å². The van der Waals surface area contributed by atoms with E-state index in [2.05, 4.69) is 72.7 Å². The third-order valence-electron chi connectivity index (χ3n) is 5.90. The molecular formula is C28H27N3O3S. The molecule has 4 aromatic rings. The maximum absolute atomic E-state index is 13.1. The zero-order chi connectivity index (χ0) is 24.4. The van der Waals surface area contributed by atoms with Gasteiger partial charge in [0.2, 0.25) is 12.7 Å². The molecule has 6 nitrogen and oxygen atoms in total. The third kappa shape index (κ3) is 5.05. The van der Waals surface area contributed by atoms with Crippen molar-refractivity contribution in [2.24, 2.45) is 0 Å². The number of anilines is 1. The molecule has 0 spiro atoms. The Balaban J connectivity index is 1.41. The number of H-pyrrole nitrogens is 1. The Hall–Kier alpha value is -3.71. The van der Waals surface area contributed by atoms with Crippen LogP contribution in [0.25, 0.3) is 22.5 Å². The monoisotopic (exact) mass is 485 g/mol. The highest BCUT2D eigenvalue weighted by Crippen LogP contribution is 2.36. The molecule has 2 N–H and O–H groups in total. The molecule has 178 valence electrons. The molecule has 0 aliphatic carbocycles. The first kappa shape index (κ1) is 23.1. The molecule has 0 radical (unpaired) electrons. The maximum atomic E-state index is 13.1. The number of aryl methyl sites for hydroxylation is 2. The van der Waals surface area contributed by atoms with Gasteiger partial charge >= 0.3 is 0 Å². The van der Waals surface area contributed by atoms with Crippen LogP contribution in [0.2, 0.25) is 0 Å². The van der Waals surface area contributed by atoms with Crippen LogP contribution in [0.3, 0.4) is 0 Å². The predicted octanol–water partition coefficient (Wildman–Crippen LogP) is 6.60. The van der Waals surface area contributed by atoms with E-state index in [1.807, 2.05) is 13.0 Å². The highest BCUT2D eigenvalue weighted by atomic mass is 32.2. The number of hydrogen-bond donors (Lipinski definition) is 2. The van der Waals surface area contributed by atoms with Gasteiger partial charge in [-0.1, -0.05) is 78.3 Å². The van der Waals surface area contributed by atoms with Crippen molar-refractivity contribution in [1.82, 2.24) is 9.97 Å². The molecule has 0 bridgehead atoms. The SMILES string of the molecule is CCC(Sc1nc(-c2ccc(C)cc2)c(-c2ccc(C)cc2)[nH]1)C(=O)Nc1ccc2c(c1)OCO2. The zero-order valence-electron chi connectivity index (χ0n) is 19.9. The minimum atomic E-state index is -0.316. The smallest absolute Gasteiger partial charge is 0.237 e. The lowest BCUT2D eigenvalue weighted by molar-refractivity contribution is -0.115. The lowest BCUT2D eigenvalue weighted by Gasteiger charge is -2.13. The molecule has 35 heavy (non-hydrogen) atoms. The van der Waals surface area contributed by atoms with Crippen molar-refractivity contribution in [3.8, 4) is 34.0 Å². The highest BCUT2D eigenvalue weighted by molar-refractivity contribution is 8.00. The lowest BCUT2D eigenvalue weighted by atomic mass is 10.0. The Morgan fingerprint density at radius 1 is 0.971 bits per heavy atom. The van der Waals surface area contributed by atoms with Gasteiger partial charge in [-0.25, -0.2) is 4.98 Å². The summed E-state index contributed by atoms with van der Waals surface area (Å²) in [5.41, 5.74) is 6.99. The minimum absolute atomic E-state index is 0.0819. The Morgan fingerprint density at radius 3 is 2.31 bits per heavy atom. The van der Waals surface area contributed by atoms with Gasteiger partial charge < -0.3 is 19.8 Å².